The summed E-state index contributed by atoms with van der Waals surface area (Å²) < 4.78 is 0. The van der Waals surface area contributed by atoms with Crippen LogP contribution in [0.1, 0.15) is 0 Å². The molecule has 0 aliphatic carbocycles. The van der Waals surface area contributed by atoms with E-state index >= 15 is 0 Å². The van der Waals surface area contributed by atoms with Gasteiger partial charge in [-0.15, -0.1) is 0 Å². The Morgan fingerprint density at radius 1 is 1.29 bits per heavy atom. The van der Waals surface area contributed by atoms with Crippen molar-refractivity contribution in [1.82, 2.24) is 4.98 Å². The first-order valence-corrected chi connectivity index (χ1v) is 4.58. The Labute approximate surface area is 86.9 Å². The topological polar surface area (TPSA) is 53.8 Å². The van der Waals surface area contributed by atoms with Crippen molar-refractivity contribution < 1.29 is 0 Å². The van der Waals surface area contributed by atoms with E-state index in [9.17, 15) is 0 Å². The Kier molecular flexibility index (Phi) is 2.33. The molecule has 4 heteroatoms. The summed E-state index contributed by atoms with van der Waals surface area (Å²) in [5.74, 6) is 0. The van der Waals surface area contributed by atoms with Gasteiger partial charge in [0.1, 0.15) is 0 Å². The van der Waals surface area contributed by atoms with E-state index in [-0.39, 0.29) is 0 Å². The Balaban J connectivity index is 2.28. The molecule has 1 aromatic heterocycles. The molecule has 72 valence electrons. The van der Waals surface area contributed by atoms with Crippen LogP contribution in [0.4, 0.5) is 17.1 Å². The van der Waals surface area contributed by atoms with E-state index in [1.54, 1.807) is 18.2 Å². The van der Waals surface area contributed by atoms with Gasteiger partial charge in [0.2, 0.25) is 0 Å². The Hall–Kier alpha value is -1.61. The smallest absolute Gasteiger partial charge is 0.0633 e. The molecule has 2 aromatic rings. The van der Waals surface area contributed by atoms with Gasteiger partial charge in [0, 0.05) is 17.4 Å². The molecule has 2 rings (SSSR count). The molecule has 0 saturated carbocycles. The average molecular weight is 208 g/mol. The molecule has 0 amide bonds. The summed E-state index contributed by atoms with van der Waals surface area (Å²) in [4.78, 5) is 2.95. The number of nitrogen functional groups attached to an aromatic ring is 1. The molecule has 0 bridgehead atoms. The highest BCUT2D eigenvalue weighted by Crippen LogP contribution is 2.25. The normalized spacial score (nSPS) is 10.1. The van der Waals surface area contributed by atoms with Crippen LogP contribution in [0.5, 0.6) is 0 Å². The van der Waals surface area contributed by atoms with E-state index in [1.807, 2.05) is 18.5 Å². The van der Waals surface area contributed by atoms with E-state index < -0.39 is 0 Å². The number of H-pyrrole nitrogens is 1. The lowest BCUT2D eigenvalue weighted by molar-refractivity contribution is 1.41. The van der Waals surface area contributed by atoms with Crippen molar-refractivity contribution >= 4 is 28.7 Å². The van der Waals surface area contributed by atoms with Gasteiger partial charge in [-0.2, -0.15) is 0 Å². The van der Waals surface area contributed by atoms with Crippen molar-refractivity contribution in [3.05, 3.63) is 41.7 Å². The molecule has 0 unspecified atom stereocenters. The van der Waals surface area contributed by atoms with Gasteiger partial charge in [0.05, 0.1) is 17.1 Å². The first kappa shape index (κ1) is 8.97. The maximum Gasteiger partial charge on any atom is 0.0633 e. The second kappa shape index (κ2) is 3.64. The highest BCUT2D eigenvalue weighted by molar-refractivity contribution is 6.31. The lowest BCUT2D eigenvalue weighted by Crippen LogP contribution is -1.94. The third-order valence-corrected chi connectivity index (χ3v) is 2.13. The fourth-order valence-electron chi connectivity index (χ4n) is 1.19. The number of hydrogen-bond acceptors (Lipinski definition) is 2. The molecule has 0 aliphatic heterocycles. The molecule has 0 aliphatic rings. The second-order valence-electron chi connectivity index (χ2n) is 2.96. The minimum atomic E-state index is 0.664. The van der Waals surface area contributed by atoms with Crippen molar-refractivity contribution in [2.75, 3.05) is 11.1 Å². The lowest BCUT2D eigenvalue weighted by atomic mass is 10.2. The number of aromatic amines is 1. The number of halogens is 1. The van der Waals surface area contributed by atoms with Crippen LogP contribution in [0.2, 0.25) is 5.02 Å². The fourth-order valence-corrected chi connectivity index (χ4v) is 1.37. The van der Waals surface area contributed by atoms with Gasteiger partial charge in [-0.3, -0.25) is 0 Å². The lowest BCUT2D eigenvalue weighted by Gasteiger charge is -2.07. The van der Waals surface area contributed by atoms with Crippen LogP contribution in [0.25, 0.3) is 0 Å². The van der Waals surface area contributed by atoms with Crippen LogP contribution >= 0.6 is 11.6 Å². The van der Waals surface area contributed by atoms with Crippen molar-refractivity contribution in [3.8, 4) is 0 Å². The average Bonchev–Trinajstić information content (AvgIpc) is 2.64. The monoisotopic (exact) mass is 207 g/mol. The number of hydrogen-bond donors (Lipinski definition) is 3. The van der Waals surface area contributed by atoms with Crippen molar-refractivity contribution in [3.63, 3.8) is 0 Å². The Morgan fingerprint density at radius 2 is 2.14 bits per heavy atom. The van der Waals surface area contributed by atoms with E-state index in [1.165, 1.54) is 0 Å². The summed E-state index contributed by atoms with van der Waals surface area (Å²) in [5, 5.41) is 3.82. The third-order valence-electron chi connectivity index (χ3n) is 1.89. The van der Waals surface area contributed by atoms with Crippen molar-refractivity contribution in [2.24, 2.45) is 0 Å². The standard InChI is InChI=1S/C10H10ClN3/c11-7-1-2-9(12)10(5-7)14-8-3-4-13-6-8/h1-6,13-14H,12H2. The molecule has 1 aromatic carbocycles. The van der Waals surface area contributed by atoms with Crippen LogP contribution in [0.3, 0.4) is 0 Å². The van der Waals surface area contributed by atoms with E-state index in [0.717, 1.165) is 11.4 Å². The maximum atomic E-state index is 5.85. The van der Waals surface area contributed by atoms with Gasteiger partial charge in [-0.05, 0) is 24.3 Å². The van der Waals surface area contributed by atoms with Crippen LogP contribution < -0.4 is 11.1 Å². The van der Waals surface area contributed by atoms with Gasteiger partial charge in [-0.25, -0.2) is 0 Å². The van der Waals surface area contributed by atoms with Gasteiger partial charge in [0.25, 0.3) is 0 Å². The third kappa shape index (κ3) is 1.83. The van der Waals surface area contributed by atoms with Gasteiger partial charge in [0.15, 0.2) is 0 Å². The minimum Gasteiger partial charge on any atom is -0.397 e. The first-order valence-electron chi connectivity index (χ1n) is 4.20. The molecular formula is C10H10ClN3. The van der Waals surface area contributed by atoms with Crippen LogP contribution in [0, 0.1) is 0 Å². The van der Waals surface area contributed by atoms with Gasteiger partial charge in [-0.1, -0.05) is 11.6 Å². The Bertz CT molecular complexity index is 423. The number of nitrogens with one attached hydrogen (secondary N) is 2. The molecule has 0 atom stereocenters. The zero-order valence-electron chi connectivity index (χ0n) is 7.42. The molecule has 0 fully saturated rings. The van der Waals surface area contributed by atoms with Crippen LogP contribution in [0.15, 0.2) is 36.7 Å². The predicted octanol–water partition coefficient (Wildman–Crippen LogP) is 2.99. The molecule has 14 heavy (non-hydrogen) atoms. The van der Waals surface area contributed by atoms with E-state index in [2.05, 4.69) is 10.3 Å². The van der Waals surface area contributed by atoms with Crippen molar-refractivity contribution in [2.45, 2.75) is 0 Å². The summed E-state index contributed by atoms with van der Waals surface area (Å²) in [5.41, 5.74) is 8.23. The largest absolute Gasteiger partial charge is 0.397 e. The SMILES string of the molecule is Nc1ccc(Cl)cc1Nc1cc[nH]c1. The Morgan fingerprint density at radius 3 is 2.86 bits per heavy atom. The molecule has 4 N–H and O–H groups in total. The van der Waals surface area contributed by atoms with Crippen molar-refractivity contribution in [1.29, 1.82) is 0 Å². The summed E-state index contributed by atoms with van der Waals surface area (Å²) in [6.45, 7) is 0. The highest BCUT2D eigenvalue weighted by Gasteiger charge is 2.00. The van der Waals surface area contributed by atoms with E-state index in [0.29, 0.717) is 10.7 Å². The molecule has 3 nitrogen and oxygen atoms in total. The zero-order chi connectivity index (χ0) is 9.97. The van der Waals surface area contributed by atoms with Gasteiger partial charge < -0.3 is 16.0 Å². The molecule has 0 spiro atoms. The molecular weight excluding hydrogens is 198 g/mol. The van der Waals surface area contributed by atoms with Crippen LogP contribution in [-0.2, 0) is 0 Å². The highest BCUT2D eigenvalue weighted by atomic mass is 35.5. The number of benzene rings is 1. The zero-order valence-corrected chi connectivity index (χ0v) is 8.18. The summed E-state index contributed by atoms with van der Waals surface area (Å²) in [6, 6.07) is 7.25. The number of rotatable bonds is 2. The first-order chi connectivity index (χ1) is 6.75. The second-order valence-corrected chi connectivity index (χ2v) is 3.39. The molecule has 0 saturated heterocycles. The quantitative estimate of drug-likeness (QED) is 0.664. The maximum absolute atomic E-state index is 5.85. The summed E-state index contributed by atoms with van der Waals surface area (Å²) >= 11 is 5.85. The minimum absolute atomic E-state index is 0.664. The number of aromatic nitrogens is 1. The summed E-state index contributed by atoms with van der Waals surface area (Å²) in [7, 11) is 0. The molecule has 0 radical (unpaired) electrons. The van der Waals surface area contributed by atoms with Gasteiger partial charge >= 0.3 is 0 Å². The molecule has 1 heterocycles. The van der Waals surface area contributed by atoms with Crippen LogP contribution in [-0.4, -0.2) is 4.98 Å². The number of anilines is 3. The number of nitrogens with two attached hydrogens (primary N) is 1. The summed E-state index contributed by atoms with van der Waals surface area (Å²) in [6.07, 6.45) is 3.68. The fraction of sp³-hybridized carbons (Fsp3) is 0. The predicted molar refractivity (Wildman–Crippen MR) is 59.9 cm³/mol. The van der Waals surface area contributed by atoms with E-state index in [4.69, 9.17) is 17.3 Å².